The van der Waals surface area contributed by atoms with Crippen LogP contribution in [0.25, 0.3) is 0 Å². The zero-order valence-electron chi connectivity index (χ0n) is 12.7. The van der Waals surface area contributed by atoms with Crippen molar-refractivity contribution < 1.29 is 19.0 Å². The van der Waals surface area contributed by atoms with Gasteiger partial charge in [0.2, 0.25) is 0 Å². The SMILES string of the molecule is CCCCCCCCCCOc1ccc(C(=O)O)cc1F. The number of hydrogen-bond acceptors (Lipinski definition) is 2. The molecule has 0 bridgehead atoms. The van der Waals surface area contributed by atoms with Gasteiger partial charge in [0.05, 0.1) is 12.2 Å². The molecule has 0 aliphatic carbocycles. The number of aromatic carboxylic acids is 1. The minimum absolute atomic E-state index is 0.0630. The van der Waals surface area contributed by atoms with Gasteiger partial charge in [-0.15, -0.1) is 0 Å². The number of carboxylic acid groups (broad SMARTS) is 1. The van der Waals surface area contributed by atoms with E-state index in [9.17, 15) is 9.18 Å². The third-order valence-corrected chi connectivity index (χ3v) is 3.43. The Morgan fingerprint density at radius 1 is 1.10 bits per heavy atom. The molecule has 0 aromatic heterocycles. The van der Waals surface area contributed by atoms with Gasteiger partial charge in [-0.2, -0.15) is 0 Å². The molecule has 0 saturated carbocycles. The summed E-state index contributed by atoms with van der Waals surface area (Å²) < 4.78 is 18.9. The van der Waals surface area contributed by atoms with Crippen LogP contribution in [0.3, 0.4) is 0 Å². The fraction of sp³-hybridized carbons (Fsp3) is 0.588. The van der Waals surface area contributed by atoms with Crippen LogP contribution in [0.15, 0.2) is 18.2 Å². The normalized spacial score (nSPS) is 10.6. The summed E-state index contributed by atoms with van der Waals surface area (Å²) in [7, 11) is 0. The lowest BCUT2D eigenvalue weighted by atomic mass is 10.1. The van der Waals surface area contributed by atoms with Crippen molar-refractivity contribution in [1.29, 1.82) is 0 Å². The molecule has 0 radical (unpaired) electrons. The van der Waals surface area contributed by atoms with Gasteiger partial charge in [-0.1, -0.05) is 51.9 Å². The van der Waals surface area contributed by atoms with Crippen LogP contribution in [0.1, 0.15) is 68.6 Å². The van der Waals surface area contributed by atoms with Crippen molar-refractivity contribution in [2.45, 2.75) is 58.3 Å². The Bertz CT molecular complexity index is 432. The third kappa shape index (κ3) is 7.11. The number of rotatable bonds is 11. The van der Waals surface area contributed by atoms with Gasteiger partial charge in [-0.05, 0) is 24.6 Å². The first-order chi connectivity index (χ1) is 10.1. The van der Waals surface area contributed by atoms with Crippen molar-refractivity contribution >= 4 is 5.97 Å². The Balaban J connectivity index is 2.14. The number of ether oxygens (including phenoxy) is 1. The largest absolute Gasteiger partial charge is 0.491 e. The van der Waals surface area contributed by atoms with E-state index >= 15 is 0 Å². The number of halogens is 1. The van der Waals surface area contributed by atoms with Crippen LogP contribution in [-0.2, 0) is 0 Å². The summed E-state index contributed by atoms with van der Waals surface area (Å²) in [4.78, 5) is 10.7. The van der Waals surface area contributed by atoms with Crippen molar-refractivity contribution in [2.24, 2.45) is 0 Å². The highest BCUT2D eigenvalue weighted by Gasteiger charge is 2.08. The molecule has 0 unspecified atom stereocenters. The molecule has 0 fully saturated rings. The topological polar surface area (TPSA) is 46.5 Å². The molecule has 1 aromatic rings. The number of unbranched alkanes of at least 4 members (excludes halogenated alkanes) is 7. The monoisotopic (exact) mass is 296 g/mol. The van der Waals surface area contributed by atoms with Crippen LogP contribution < -0.4 is 4.74 Å². The van der Waals surface area contributed by atoms with E-state index in [0.717, 1.165) is 18.9 Å². The van der Waals surface area contributed by atoms with E-state index in [-0.39, 0.29) is 11.3 Å². The molecule has 0 amide bonds. The van der Waals surface area contributed by atoms with Crippen molar-refractivity contribution in [3.05, 3.63) is 29.6 Å². The summed E-state index contributed by atoms with van der Waals surface area (Å²) in [5.41, 5.74) is -0.0630. The summed E-state index contributed by atoms with van der Waals surface area (Å²) in [5.74, 6) is -1.62. The quantitative estimate of drug-likeness (QED) is 0.582. The molecule has 0 heterocycles. The molecule has 1 aromatic carbocycles. The van der Waals surface area contributed by atoms with Gasteiger partial charge in [-0.25, -0.2) is 9.18 Å². The van der Waals surface area contributed by atoms with Crippen molar-refractivity contribution in [3.63, 3.8) is 0 Å². The van der Waals surface area contributed by atoms with Crippen LogP contribution in [0.2, 0.25) is 0 Å². The molecular weight excluding hydrogens is 271 g/mol. The van der Waals surface area contributed by atoms with Gasteiger partial charge >= 0.3 is 5.97 Å². The maximum Gasteiger partial charge on any atom is 0.335 e. The first kappa shape index (κ1) is 17.5. The predicted molar refractivity (Wildman–Crippen MR) is 81.5 cm³/mol. The van der Waals surface area contributed by atoms with Gasteiger partial charge in [0.25, 0.3) is 0 Å². The van der Waals surface area contributed by atoms with E-state index in [1.807, 2.05) is 0 Å². The summed E-state index contributed by atoms with van der Waals surface area (Å²) in [6, 6.07) is 3.73. The molecule has 3 nitrogen and oxygen atoms in total. The molecule has 0 aliphatic heterocycles. The molecule has 0 saturated heterocycles. The van der Waals surface area contributed by atoms with E-state index in [0.29, 0.717) is 6.61 Å². The van der Waals surface area contributed by atoms with Gasteiger partial charge in [-0.3, -0.25) is 0 Å². The van der Waals surface area contributed by atoms with E-state index in [1.165, 1.54) is 50.7 Å². The first-order valence-electron chi connectivity index (χ1n) is 7.80. The summed E-state index contributed by atoms with van der Waals surface area (Å²) in [6.45, 7) is 2.68. The van der Waals surface area contributed by atoms with Crippen molar-refractivity contribution in [1.82, 2.24) is 0 Å². The van der Waals surface area contributed by atoms with Crippen LogP contribution in [0.5, 0.6) is 5.75 Å². The number of carbonyl (C=O) groups is 1. The Kier molecular flexibility index (Phi) is 8.48. The second-order valence-electron chi connectivity index (χ2n) is 5.27. The summed E-state index contributed by atoms with van der Waals surface area (Å²) >= 11 is 0. The fourth-order valence-electron chi connectivity index (χ4n) is 2.17. The second-order valence-corrected chi connectivity index (χ2v) is 5.27. The smallest absolute Gasteiger partial charge is 0.335 e. The fourth-order valence-corrected chi connectivity index (χ4v) is 2.17. The zero-order valence-corrected chi connectivity index (χ0v) is 12.7. The molecule has 118 valence electrons. The van der Waals surface area contributed by atoms with E-state index in [1.54, 1.807) is 0 Å². The Morgan fingerprint density at radius 3 is 2.29 bits per heavy atom. The van der Waals surface area contributed by atoms with Gasteiger partial charge in [0.1, 0.15) is 0 Å². The van der Waals surface area contributed by atoms with Crippen molar-refractivity contribution in [2.75, 3.05) is 6.61 Å². The van der Waals surface area contributed by atoms with E-state index in [2.05, 4.69) is 6.92 Å². The number of carboxylic acids is 1. The zero-order chi connectivity index (χ0) is 15.5. The van der Waals surface area contributed by atoms with Gasteiger partial charge in [0, 0.05) is 0 Å². The predicted octanol–water partition coefficient (Wildman–Crippen LogP) is 5.04. The first-order valence-corrected chi connectivity index (χ1v) is 7.80. The summed E-state index contributed by atoms with van der Waals surface area (Å²) in [5, 5.41) is 8.74. The van der Waals surface area contributed by atoms with Gasteiger partial charge in [0.15, 0.2) is 11.6 Å². The van der Waals surface area contributed by atoms with Crippen LogP contribution in [0, 0.1) is 5.82 Å². The average molecular weight is 296 g/mol. The van der Waals surface area contributed by atoms with Crippen molar-refractivity contribution in [3.8, 4) is 5.75 Å². The molecule has 1 rings (SSSR count). The Labute approximate surface area is 126 Å². The Morgan fingerprint density at radius 2 is 1.71 bits per heavy atom. The van der Waals surface area contributed by atoms with Crippen LogP contribution in [0.4, 0.5) is 4.39 Å². The highest BCUT2D eigenvalue weighted by atomic mass is 19.1. The average Bonchev–Trinajstić information content (AvgIpc) is 2.46. The van der Waals surface area contributed by atoms with Crippen LogP contribution in [-0.4, -0.2) is 17.7 Å². The Hall–Kier alpha value is -1.58. The lowest BCUT2D eigenvalue weighted by molar-refractivity contribution is 0.0696. The van der Waals surface area contributed by atoms with E-state index in [4.69, 9.17) is 9.84 Å². The van der Waals surface area contributed by atoms with Crippen LogP contribution >= 0.6 is 0 Å². The molecule has 1 N–H and O–H groups in total. The molecule has 0 aliphatic rings. The number of benzene rings is 1. The lowest BCUT2D eigenvalue weighted by Gasteiger charge is -2.07. The third-order valence-electron chi connectivity index (χ3n) is 3.43. The maximum absolute atomic E-state index is 13.6. The minimum Gasteiger partial charge on any atom is -0.491 e. The molecule has 4 heteroatoms. The summed E-state index contributed by atoms with van der Waals surface area (Å²) in [6.07, 6.45) is 9.60. The molecule has 0 spiro atoms. The number of hydrogen-bond donors (Lipinski definition) is 1. The van der Waals surface area contributed by atoms with E-state index < -0.39 is 11.8 Å². The minimum atomic E-state index is -1.14. The lowest BCUT2D eigenvalue weighted by Crippen LogP contribution is -2.02. The highest BCUT2D eigenvalue weighted by Crippen LogP contribution is 2.19. The standard InChI is InChI=1S/C17H25FO3/c1-2-3-4-5-6-7-8-9-12-21-16-11-10-14(17(19)20)13-15(16)18/h10-11,13H,2-9,12H2,1H3,(H,19,20). The molecular formula is C17H25FO3. The molecule has 21 heavy (non-hydrogen) atoms. The second kappa shape index (κ2) is 10.2. The maximum atomic E-state index is 13.6. The van der Waals surface area contributed by atoms with Gasteiger partial charge < -0.3 is 9.84 Å². The highest BCUT2D eigenvalue weighted by molar-refractivity contribution is 5.87. The molecule has 0 atom stereocenters.